The van der Waals surface area contributed by atoms with Crippen LogP contribution in [0.4, 0.5) is 0 Å². The Morgan fingerprint density at radius 1 is 1.23 bits per heavy atom. The number of hydrogen-bond donors (Lipinski definition) is 2. The van der Waals surface area contributed by atoms with Gasteiger partial charge in [-0.3, -0.25) is 4.99 Å². The minimum absolute atomic E-state index is 0. The molecule has 1 unspecified atom stereocenters. The number of methoxy groups -OCH3 is 1. The number of likely N-dealkylation sites (N-methyl/N-ethyl adjacent to an activating group) is 1. The summed E-state index contributed by atoms with van der Waals surface area (Å²) in [5.74, 6) is 1.70. The third-order valence-corrected chi connectivity index (χ3v) is 4.00. The summed E-state index contributed by atoms with van der Waals surface area (Å²) in [5.41, 5.74) is 1.21. The van der Waals surface area contributed by atoms with Crippen LogP contribution in [0.25, 0.3) is 0 Å². The SMILES string of the molecule is CCOCCCCNC(=NC)NCC(c1cccc(OC)c1)N(C)C.I. The lowest BCUT2D eigenvalue weighted by Crippen LogP contribution is -2.42. The molecular weight excluding hydrogens is 443 g/mol. The molecule has 1 aromatic carbocycles. The van der Waals surface area contributed by atoms with Gasteiger partial charge in [0.05, 0.1) is 13.2 Å². The lowest BCUT2D eigenvalue weighted by Gasteiger charge is -2.26. The van der Waals surface area contributed by atoms with Gasteiger partial charge in [-0.1, -0.05) is 12.1 Å². The number of unbranched alkanes of at least 4 members (excludes halogenated alkanes) is 1. The summed E-state index contributed by atoms with van der Waals surface area (Å²) in [4.78, 5) is 6.49. The maximum Gasteiger partial charge on any atom is 0.191 e. The molecule has 0 saturated carbocycles. The van der Waals surface area contributed by atoms with Gasteiger partial charge in [-0.25, -0.2) is 0 Å². The van der Waals surface area contributed by atoms with Crippen molar-refractivity contribution in [3.63, 3.8) is 0 Å². The van der Waals surface area contributed by atoms with Crippen LogP contribution in [0.5, 0.6) is 5.75 Å². The van der Waals surface area contributed by atoms with Crippen LogP contribution in [0.1, 0.15) is 31.4 Å². The third kappa shape index (κ3) is 9.59. The Labute approximate surface area is 175 Å². The van der Waals surface area contributed by atoms with Crippen molar-refractivity contribution in [1.82, 2.24) is 15.5 Å². The Bertz CT molecular complexity index is 512. The smallest absolute Gasteiger partial charge is 0.191 e. The maximum atomic E-state index is 5.35. The first kappa shape index (κ1) is 24.9. The normalized spacial score (nSPS) is 12.5. The minimum Gasteiger partial charge on any atom is -0.497 e. The van der Waals surface area contributed by atoms with Crippen LogP contribution < -0.4 is 15.4 Å². The summed E-state index contributed by atoms with van der Waals surface area (Å²) in [7, 11) is 7.65. The fraction of sp³-hybridized carbons (Fsp3) is 0.632. The molecule has 0 spiro atoms. The van der Waals surface area contributed by atoms with E-state index < -0.39 is 0 Å². The topological polar surface area (TPSA) is 58.1 Å². The number of hydrogen-bond acceptors (Lipinski definition) is 4. The van der Waals surface area contributed by atoms with Gasteiger partial charge >= 0.3 is 0 Å². The van der Waals surface area contributed by atoms with E-state index in [0.717, 1.165) is 50.9 Å². The number of ether oxygens (including phenoxy) is 2. The van der Waals surface area contributed by atoms with Crippen molar-refractivity contribution in [2.75, 3.05) is 54.6 Å². The van der Waals surface area contributed by atoms with Gasteiger partial charge in [0.25, 0.3) is 0 Å². The number of nitrogens with one attached hydrogen (secondary N) is 2. The number of halogens is 1. The van der Waals surface area contributed by atoms with Crippen LogP contribution >= 0.6 is 24.0 Å². The lowest BCUT2D eigenvalue weighted by molar-refractivity contribution is 0.143. The second kappa shape index (κ2) is 15.0. The molecule has 0 saturated heterocycles. The number of rotatable bonds is 11. The largest absolute Gasteiger partial charge is 0.497 e. The number of benzene rings is 1. The van der Waals surface area contributed by atoms with Crippen molar-refractivity contribution < 1.29 is 9.47 Å². The van der Waals surface area contributed by atoms with Crippen LogP contribution in [0, 0.1) is 0 Å². The molecule has 2 N–H and O–H groups in total. The van der Waals surface area contributed by atoms with Crippen molar-refractivity contribution in [2.24, 2.45) is 4.99 Å². The molecule has 0 aliphatic rings. The van der Waals surface area contributed by atoms with Crippen molar-refractivity contribution in [3.05, 3.63) is 29.8 Å². The molecule has 0 bridgehead atoms. The summed E-state index contributed by atoms with van der Waals surface area (Å²) in [6, 6.07) is 8.42. The maximum absolute atomic E-state index is 5.35. The van der Waals surface area contributed by atoms with E-state index in [1.54, 1.807) is 14.2 Å². The highest BCUT2D eigenvalue weighted by Gasteiger charge is 2.15. The molecule has 0 amide bonds. The molecular formula is C19H35IN4O2. The second-order valence-electron chi connectivity index (χ2n) is 6.04. The van der Waals surface area contributed by atoms with Crippen molar-refractivity contribution in [3.8, 4) is 5.75 Å². The molecule has 0 radical (unpaired) electrons. The summed E-state index contributed by atoms with van der Waals surface area (Å²) >= 11 is 0. The molecule has 1 atom stereocenters. The van der Waals surface area contributed by atoms with E-state index in [4.69, 9.17) is 9.47 Å². The van der Waals surface area contributed by atoms with Crippen LogP contribution in [0.2, 0.25) is 0 Å². The van der Waals surface area contributed by atoms with E-state index in [-0.39, 0.29) is 30.0 Å². The third-order valence-electron chi connectivity index (χ3n) is 4.00. The number of aliphatic imine (C=N–C) groups is 1. The second-order valence-corrected chi connectivity index (χ2v) is 6.04. The summed E-state index contributed by atoms with van der Waals surface area (Å²) in [6.07, 6.45) is 2.12. The summed E-state index contributed by atoms with van der Waals surface area (Å²) < 4.78 is 10.7. The van der Waals surface area contributed by atoms with Gasteiger partial charge in [0, 0.05) is 33.4 Å². The zero-order valence-electron chi connectivity index (χ0n) is 16.7. The molecule has 0 aliphatic heterocycles. The molecule has 0 aliphatic carbocycles. The standard InChI is InChI=1S/C19H34N4O2.HI/c1-6-25-13-8-7-12-21-19(20-2)22-15-18(23(3)4)16-10-9-11-17(14-16)24-5;/h9-11,14,18H,6-8,12-13,15H2,1-5H3,(H2,20,21,22);1H. The Hall–Kier alpha value is -1.06. The van der Waals surface area contributed by atoms with Gasteiger partial charge in [0.15, 0.2) is 5.96 Å². The average Bonchev–Trinajstić information content (AvgIpc) is 2.62. The molecule has 0 aromatic heterocycles. The Balaban J connectivity index is 0.00000625. The van der Waals surface area contributed by atoms with Crippen LogP contribution in [-0.4, -0.2) is 65.4 Å². The minimum atomic E-state index is 0. The van der Waals surface area contributed by atoms with E-state index >= 15 is 0 Å². The lowest BCUT2D eigenvalue weighted by atomic mass is 10.1. The highest BCUT2D eigenvalue weighted by Crippen LogP contribution is 2.21. The highest BCUT2D eigenvalue weighted by molar-refractivity contribution is 14.0. The molecule has 7 heteroatoms. The van der Waals surface area contributed by atoms with Gasteiger partial charge in [0.2, 0.25) is 0 Å². The molecule has 6 nitrogen and oxygen atoms in total. The van der Waals surface area contributed by atoms with Gasteiger partial charge in [-0.2, -0.15) is 0 Å². The fourth-order valence-corrected chi connectivity index (χ4v) is 2.54. The van der Waals surface area contributed by atoms with Crippen LogP contribution in [-0.2, 0) is 4.74 Å². The monoisotopic (exact) mass is 478 g/mol. The Morgan fingerprint density at radius 2 is 2.00 bits per heavy atom. The first-order chi connectivity index (χ1) is 12.1. The van der Waals surface area contributed by atoms with Gasteiger partial charge < -0.3 is 25.0 Å². The van der Waals surface area contributed by atoms with Gasteiger partial charge in [0.1, 0.15) is 5.75 Å². The predicted octanol–water partition coefficient (Wildman–Crippen LogP) is 2.90. The Morgan fingerprint density at radius 3 is 2.62 bits per heavy atom. The zero-order valence-corrected chi connectivity index (χ0v) is 19.1. The summed E-state index contributed by atoms with van der Waals surface area (Å²) in [5, 5.41) is 6.77. The highest BCUT2D eigenvalue weighted by atomic mass is 127. The van der Waals surface area contributed by atoms with Crippen molar-refractivity contribution in [1.29, 1.82) is 0 Å². The summed E-state index contributed by atoms with van der Waals surface area (Å²) in [6.45, 7) is 5.28. The Kier molecular flexibility index (Phi) is 14.4. The quantitative estimate of drug-likeness (QED) is 0.222. The molecule has 1 rings (SSSR count). The first-order valence-electron chi connectivity index (χ1n) is 8.95. The predicted molar refractivity (Wildman–Crippen MR) is 120 cm³/mol. The fourth-order valence-electron chi connectivity index (χ4n) is 2.54. The first-order valence-corrected chi connectivity index (χ1v) is 8.95. The van der Waals surface area contributed by atoms with E-state index in [1.807, 2.05) is 19.1 Å². The molecule has 26 heavy (non-hydrogen) atoms. The number of guanidine groups is 1. The average molecular weight is 478 g/mol. The van der Waals surface area contributed by atoms with Crippen molar-refractivity contribution >= 4 is 29.9 Å². The molecule has 0 fully saturated rings. The van der Waals surface area contributed by atoms with Crippen molar-refractivity contribution in [2.45, 2.75) is 25.8 Å². The van der Waals surface area contributed by atoms with E-state index in [0.29, 0.717) is 0 Å². The van der Waals surface area contributed by atoms with Gasteiger partial charge in [-0.15, -0.1) is 24.0 Å². The van der Waals surface area contributed by atoms with Crippen LogP contribution in [0.15, 0.2) is 29.3 Å². The zero-order chi connectivity index (χ0) is 18.5. The van der Waals surface area contributed by atoms with E-state index in [2.05, 4.69) is 46.8 Å². The molecule has 1 aromatic rings. The molecule has 0 heterocycles. The van der Waals surface area contributed by atoms with E-state index in [9.17, 15) is 0 Å². The van der Waals surface area contributed by atoms with Crippen LogP contribution in [0.3, 0.4) is 0 Å². The number of nitrogens with zero attached hydrogens (tertiary/aromatic N) is 2. The van der Waals surface area contributed by atoms with Gasteiger partial charge in [-0.05, 0) is 51.6 Å². The van der Waals surface area contributed by atoms with E-state index in [1.165, 1.54) is 5.56 Å². The molecule has 150 valence electrons.